The number of pyridine rings is 1. The molecule has 0 bridgehead atoms. The predicted molar refractivity (Wildman–Crippen MR) is 93.7 cm³/mol. The summed E-state index contributed by atoms with van der Waals surface area (Å²) in [6, 6.07) is 13.0. The minimum Gasteiger partial charge on any atom is -0.258 e. The molecule has 7 heteroatoms. The summed E-state index contributed by atoms with van der Waals surface area (Å²) in [6.45, 7) is 0. The summed E-state index contributed by atoms with van der Waals surface area (Å²) in [4.78, 5) is 16.4. The Hall–Kier alpha value is -1.18. The number of nitro groups is 1. The number of nitrogens with zero attached hydrogens (tertiary/aromatic N) is 2. The average Bonchev–Trinajstić information content (AvgIpc) is 2.56. The van der Waals surface area contributed by atoms with Gasteiger partial charge in [-0.2, -0.15) is 0 Å². The molecule has 22 heavy (non-hydrogen) atoms. The van der Waals surface area contributed by atoms with Crippen molar-refractivity contribution in [2.75, 3.05) is 11.5 Å². The van der Waals surface area contributed by atoms with Crippen LogP contribution in [0.4, 0.5) is 5.69 Å². The fraction of sp³-hybridized carbons (Fsp3) is 0.267. The van der Waals surface area contributed by atoms with E-state index in [0.29, 0.717) is 5.03 Å². The average molecular weight is 350 g/mol. The van der Waals surface area contributed by atoms with E-state index < -0.39 is 0 Å². The van der Waals surface area contributed by atoms with Crippen LogP contribution in [-0.4, -0.2) is 21.4 Å². The van der Waals surface area contributed by atoms with Gasteiger partial charge >= 0.3 is 5.69 Å². The van der Waals surface area contributed by atoms with Crippen LogP contribution in [0.1, 0.15) is 16.7 Å². The lowest BCUT2D eigenvalue weighted by atomic mass is 10.3. The van der Waals surface area contributed by atoms with Gasteiger partial charge < -0.3 is 0 Å². The quantitative estimate of drug-likeness (QED) is 0.571. The maximum Gasteiger partial charge on any atom is 0.301 e. The van der Waals surface area contributed by atoms with E-state index in [1.165, 1.54) is 18.2 Å². The van der Waals surface area contributed by atoms with E-state index in [1.807, 2.05) is 53.9 Å². The fourth-order valence-electron chi connectivity index (χ4n) is 2.05. The molecule has 0 amide bonds. The van der Waals surface area contributed by atoms with Gasteiger partial charge in [-0.1, -0.05) is 30.0 Å². The van der Waals surface area contributed by atoms with Gasteiger partial charge in [-0.25, -0.2) is 4.98 Å². The topological polar surface area (TPSA) is 56.0 Å². The monoisotopic (exact) mass is 350 g/mol. The Kier molecular flexibility index (Phi) is 5.28. The van der Waals surface area contributed by atoms with Crippen molar-refractivity contribution in [3.05, 3.63) is 58.3 Å². The molecule has 0 atom stereocenters. The first-order chi connectivity index (χ1) is 10.7. The summed E-state index contributed by atoms with van der Waals surface area (Å²) in [7, 11) is 0. The zero-order valence-corrected chi connectivity index (χ0v) is 14.1. The first kappa shape index (κ1) is 15.7. The molecule has 4 nitrogen and oxygen atoms in total. The molecule has 0 aliphatic carbocycles. The molecule has 0 radical (unpaired) electrons. The Labute approximate surface area is 141 Å². The van der Waals surface area contributed by atoms with Crippen LogP contribution in [0.15, 0.2) is 52.4 Å². The third-order valence-electron chi connectivity index (χ3n) is 3.08. The van der Waals surface area contributed by atoms with Crippen LogP contribution in [0, 0.1) is 10.1 Å². The van der Waals surface area contributed by atoms with Crippen LogP contribution in [0.5, 0.6) is 0 Å². The summed E-state index contributed by atoms with van der Waals surface area (Å²) in [6.07, 6.45) is 1.21. The van der Waals surface area contributed by atoms with Gasteiger partial charge in [0.2, 0.25) is 0 Å². The van der Waals surface area contributed by atoms with E-state index >= 15 is 0 Å². The standard InChI is InChI=1S/C15H14N2O2S3/c18-17(19)13-8-7-12(15-20-9-4-10-21-15)16-14(13)22-11-5-2-1-3-6-11/h1-3,5-8,15H,4,9-10H2. The molecule has 0 saturated carbocycles. The van der Waals surface area contributed by atoms with E-state index in [2.05, 4.69) is 4.98 Å². The van der Waals surface area contributed by atoms with Gasteiger partial charge in [0.05, 0.1) is 15.2 Å². The molecule has 1 saturated heterocycles. The van der Waals surface area contributed by atoms with Crippen LogP contribution >= 0.6 is 35.3 Å². The number of hydrogen-bond acceptors (Lipinski definition) is 6. The molecular weight excluding hydrogens is 336 g/mol. The summed E-state index contributed by atoms with van der Waals surface area (Å²) >= 11 is 5.08. The lowest BCUT2D eigenvalue weighted by Gasteiger charge is -2.20. The number of hydrogen-bond donors (Lipinski definition) is 0. The highest BCUT2D eigenvalue weighted by Crippen LogP contribution is 2.44. The maximum absolute atomic E-state index is 11.2. The van der Waals surface area contributed by atoms with Crippen molar-refractivity contribution in [3.63, 3.8) is 0 Å². The molecule has 114 valence electrons. The molecule has 1 aromatic heterocycles. The number of thioether (sulfide) groups is 2. The third kappa shape index (κ3) is 3.77. The highest BCUT2D eigenvalue weighted by atomic mass is 32.2. The molecule has 1 fully saturated rings. The van der Waals surface area contributed by atoms with E-state index in [0.717, 1.165) is 22.1 Å². The smallest absolute Gasteiger partial charge is 0.258 e. The van der Waals surface area contributed by atoms with Crippen LogP contribution in [-0.2, 0) is 0 Å². The molecular formula is C15H14N2O2S3. The number of rotatable bonds is 4. The summed E-state index contributed by atoms with van der Waals surface area (Å²) < 4.78 is 0.282. The summed E-state index contributed by atoms with van der Waals surface area (Å²) in [5.74, 6) is 2.25. The second kappa shape index (κ2) is 7.39. The van der Waals surface area contributed by atoms with Crippen molar-refractivity contribution in [3.8, 4) is 0 Å². The summed E-state index contributed by atoms with van der Waals surface area (Å²) in [5, 5.41) is 11.7. The molecule has 1 aliphatic rings. The molecule has 0 unspecified atom stereocenters. The fourth-order valence-corrected chi connectivity index (χ4v) is 5.77. The highest BCUT2D eigenvalue weighted by Gasteiger charge is 2.23. The maximum atomic E-state index is 11.2. The van der Waals surface area contributed by atoms with Crippen LogP contribution in [0.25, 0.3) is 0 Å². The van der Waals surface area contributed by atoms with Crippen molar-refractivity contribution >= 4 is 41.0 Å². The van der Waals surface area contributed by atoms with Gasteiger partial charge in [-0.05, 0) is 36.1 Å². The second-order valence-electron chi connectivity index (χ2n) is 4.66. The van der Waals surface area contributed by atoms with Crippen molar-refractivity contribution in [1.29, 1.82) is 0 Å². The van der Waals surface area contributed by atoms with Crippen molar-refractivity contribution in [2.45, 2.75) is 20.9 Å². The van der Waals surface area contributed by atoms with Gasteiger partial charge in [0.1, 0.15) is 0 Å². The Morgan fingerprint density at radius 3 is 2.55 bits per heavy atom. The van der Waals surface area contributed by atoms with E-state index in [1.54, 1.807) is 12.1 Å². The predicted octanol–water partition coefficient (Wildman–Crippen LogP) is 5.01. The van der Waals surface area contributed by atoms with Crippen molar-refractivity contribution in [1.82, 2.24) is 4.98 Å². The van der Waals surface area contributed by atoms with Crippen LogP contribution in [0.2, 0.25) is 0 Å². The van der Waals surface area contributed by atoms with Crippen molar-refractivity contribution < 1.29 is 4.92 Å². The SMILES string of the molecule is O=[N+]([O-])c1ccc(C2SCCCS2)nc1Sc1ccccc1. The lowest BCUT2D eigenvalue weighted by Crippen LogP contribution is -2.04. The summed E-state index contributed by atoms with van der Waals surface area (Å²) in [5.41, 5.74) is 1.00. The Balaban J connectivity index is 1.92. The molecule has 0 N–H and O–H groups in total. The highest BCUT2D eigenvalue weighted by molar-refractivity contribution is 8.16. The van der Waals surface area contributed by atoms with Gasteiger partial charge in [0, 0.05) is 11.0 Å². The Morgan fingerprint density at radius 1 is 1.14 bits per heavy atom. The largest absolute Gasteiger partial charge is 0.301 e. The molecule has 1 aromatic carbocycles. The Bertz CT molecular complexity index is 661. The van der Waals surface area contributed by atoms with Gasteiger partial charge in [0.15, 0.2) is 5.03 Å². The minimum absolute atomic E-state index is 0.0726. The van der Waals surface area contributed by atoms with Gasteiger partial charge in [0.25, 0.3) is 0 Å². The van der Waals surface area contributed by atoms with Gasteiger partial charge in [-0.15, -0.1) is 23.5 Å². The second-order valence-corrected chi connectivity index (χ2v) is 8.45. The van der Waals surface area contributed by atoms with E-state index in [-0.39, 0.29) is 15.2 Å². The number of aromatic nitrogens is 1. The first-order valence-electron chi connectivity index (χ1n) is 6.85. The van der Waals surface area contributed by atoms with E-state index in [9.17, 15) is 10.1 Å². The lowest BCUT2D eigenvalue weighted by molar-refractivity contribution is -0.388. The Morgan fingerprint density at radius 2 is 1.86 bits per heavy atom. The van der Waals surface area contributed by atoms with Gasteiger partial charge in [-0.3, -0.25) is 10.1 Å². The number of benzene rings is 1. The van der Waals surface area contributed by atoms with Crippen LogP contribution in [0.3, 0.4) is 0 Å². The minimum atomic E-state index is -0.358. The molecule has 2 aromatic rings. The van der Waals surface area contributed by atoms with Crippen LogP contribution < -0.4 is 0 Å². The first-order valence-corrected chi connectivity index (χ1v) is 9.77. The molecule has 0 spiro atoms. The van der Waals surface area contributed by atoms with E-state index in [4.69, 9.17) is 0 Å². The third-order valence-corrected chi connectivity index (χ3v) is 7.04. The molecule has 3 rings (SSSR count). The van der Waals surface area contributed by atoms with Crippen molar-refractivity contribution in [2.24, 2.45) is 0 Å². The normalized spacial score (nSPS) is 15.6. The zero-order chi connectivity index (χ0) is 15.4. The molecule has 1 aliphatic heterocycles. The molecule has 2 heterocycles. The zero-order valence-electron chi connectivity index (χ0n) is 11.7.